The molecule has 0 atom stereocenters. The smallest absolute Gasteiger partial charge is 0.343 e. The molecule has 0 heterocycles. The van der Waals surface area contributed by atoms with E-state index in [2.05, 4.69) is 6.58 Å². The number of hydrogen-bond donors (Lipinski definition) is 1. The molecule has 17 heavy (non-hydrogen) atoms. The molecule has 0 aliphatic heterocycles. The summed E-state index contributed by atoms with van der Waals surface area (Å²) in [5.41, 5.74) is 0.353. The lowest BCUT2D eigenvalue weighted by Crippen LogP contribution is -2.09. The predicted molar refractivity (Wildman–Crippen MR) is 66.8 cm³/mol. The Morgan fingerprint density at radius 1 is 1.47 bits per heavy atom. The Balaban J connectivity index is 2.81. The molecule has 0 aliphatic carbocycles. The van der Waals surface area contributed by atoms with Crippen molar-refractivity contribution >= 4 is 5.97 Å². The minimum absolute atomic E-state index is 0.0490. The highest BCUT2D eigenvalue weighted by Crippen LogP contribution is 2.18. The van der Waals surface area contributed by atoms with E-state index in [0.29, 0.717) is 11.3 Å². The Labute approximate surface area is 100 Å². The summed E-state index contributed by atoms with van der Waals surface area (Å²) in [7, 11) is 0. The van der Waals surface area contributed by atoms with E-state index < -0.39 is 5.97 Å². The van der Waals surface area contributed by atoms with Gasteiger partial charge in [-0.3, -0.25) is 0 Å². The summed E-state index contributed by atoms with van der Waals surface area (Å²) in [5.74, 6) is -0.167. The monoisotopic (exact) mass is 230 g/mol. The second-order valence-corrected chi connectivity index (χ2v) is 3.24. The van der Waals surface area contributed by atoms with Crippen molar-refractivity contribution in [2.45, 2.75) is 6.92 Å². The van der Waals surface area contributed by atoms with Crippen LogP contribution in [0.15, 0.2) is 60.7 Å². The molecule has 0 radical (unpaired) electrons. The van der Waals surface area contributed by atoms with Gasteiger partial charge in [0.1, 0.15) is 11.5 Å². The van der Waals surface area contributed by atoms with E-state index in [1.54, 1.807) is 30.4 Å². The Hall–Kier alpha value is -2.29. The molecule has 3 heteroatoms. The van der Waals surface area contributed by atoms with Gasteiger partial charge in [-0.1, -0.05) is 30.9 Å². The van der Waals surface area contributed by atoms with Crippen molar-refractivity contribution in [2.75, 3.05) is 0 Å². The quantitative estimate of drug-likeness (QED) is 0.374. The van der Waals surface area contributed by atoms with Gasteiger partial charge in [0.25, 0.3) is 0 Å². The van der Waals surface area contributed by atoms with Gasteiger partial charge in [-0.05, 0) is 25.1 Å². The highest BCUT2D eigenvalue weighted by atomic mass is 16.5. The molecule has 1 rings (SSSR count). The van der Waals surface area contributed by atoms with Gasteiger partial charge >= 0.3 is 5.97 Å². The van der Waals surface area contributed by atoms with E-state index in [0.717, 1.165) is 0 Å². The SMILES string of the molecule is C=C/C(=C\C=C/C)C(=O)Oc1cccc(O)c1. The molecule has 1 N–H and O–H groups in total. The normalized spacial score (nSPS) is 11.5. The van der Waals surface area contributed by atoms with Crippen molar-refractivity contribution in [3.8, 4) is 11.5 Å². The van der Waals surface area contributed by atoms with Gasteiger partial charge in [0, 0.05) is 6.07 Å². The molecule has 0 amide bonds. The number of esters is 1. The van der Waals surface area contributed by atoms with Crippen LogP contribution in [0.3, 0.4) is 0 Å². The van der Waals surface area contributed by atoms with Gasteiger partial charge in [-0.2, -0.15) is 0 Å². The average molecular weight is 230 g/mol. The predicted octanol–water partition coefficient (Wildman–Crippen LogP) is 2.99. The molecule has 1 aromatic rings. The molecule has 1 aromatic carbocycles. The summed E-state index contributed by atoms with van der Waals surface area (Å²) in [6.45, 7) is 5.39. The first-order chi connectivity index (χ1) is 8.17. The van der Waals surface area contributed by atoms with Gasteiger partial charge in [0.05, 0.1) is 5.57 Å². The van der Waals surface area contributed by atoms with Gasteiger partial charge in [0.15, 0.2) is 0 Å². The van der Waals surface area contributed by atoms with Crippen LogP contribution in [0.1, 0.15) is 6.92 Å². The van der Waals surface area contributed by atoms with Gasteiger partial charge in [-0.15, -0.1) is 0 Å². The molecule has 0 bridgehead atoms. The maximum Gasteiger partial charge on any atom is 0.343 e. The van der Waals surface area contributed by atoms with E-state index in [9.17, 15) is 9.90 Å². The summed E-state index contributed by atoms with van der Waals surface area (Å²) in [6.07, 6.45) is 6.55. The van der Waals surface area contributed by atoms with E-state index in [1.165, 1.54) is 18.2 Å². The molecule has 0 spiro atoms. The zero-order valence-electron chi connectivity index (χ0n) is 9.59. The standard InChI is InChI=1S/C14H14O3/c1-3-5-7-11(4-2)14(16)17-13-9-6-8-12(15)10-13/h3-10,15H,2H2,1H3/b5-3-,11-7+. The fraction of sp³-hybridized carbons (Fsp3) is 0.0714. The number of hydrogen-bond acceptors (Lipinski definition) is 3. The summed E-state index contributed by atoms with van der Waals surface area (Å²) < 4.78 is 5.07. The molecule has 0 unspecified atom stereocenters. The lowest BCUT2D eigenvalue weighted by Gasteiger charge is -2.04. The fourth-order valence-electron chi connectivity index (χ4n) is 1.13. The number of phenolic OH excluding ortho intramolecular Hbond substituents is 1. The van der Waals surface area contributed by atoms with Crippen molar-refractivity contribution < 1.29 is 14.6 Å². The number of aromatic hydroxyl groups is 1. The van der Waals surface area contributed by atoms with Crippen LogP contribution in [0.25, 0.3) is 0 Å². The maximum absolute atomic E-state index is 11.7. The van der Waals surface area contributed by atoms with Crippen molar-refractivity contribution in [3.05, 3.63) is 60.7 Å². The van der Waals surface area contributed by atoms with E-state index in [-0.39, 0.29) is 5.75 Å². The first-order valence-electron chi connectivity index (χ1n) is 5.14. The highest BCUT2D eigenvalue weighted by molar-refractivity contribution is 5.93. The first-order valence-corrected chi connectivity index (χ1v) is 5.14. The van der Waals surface area contributed by atoms with E-state index >= 15 is 0 Å². The van der Waals surface area contributed by atoms with Crippen molar-refractivity contribution in [1.82, 2.24) is 0 Å². The third-order valence-electron chi connectivity index (χ3n) is 1.95. The van der Waals surface area contributed by atoms with Crippen molar-refractivity contribution in [1.29, 1.82) is 0 Å². The van der Waals surface area contributed by atoms with E-state index in [4.69, 9.17) is 4.74 Å². The van der Waals surface area contributed by atoms with Crippen molar-refractivity contribution in [2.24, 2.45) is 0 Å². The largest absolute Gasteiger partial charge is 0.508 e. The molecular weight excluding hydrogens is 216 g/mol. The molecule has 0 aliphatic rings. The average Bonchev–Trinajstić information content (AvgIpc) is 2.30. The maximum atomic E-state index is 11.7. The van der Waals surface area contributed by atoms with E-state index in [1.807, 2.05) is 6.92 Å². The minimum Gasteiger partial charge on any atom is -0.508 e. The fourth-order valence-corrected chi connectivity index (χ4v) is 1.13. The van der Waals surface area contributed by atoms with Crippen molar-refractivity contribution in [3.63, 3.8) is 0 Å². The Kier molecular flexibility index (Phi) is 4.76. The molecule has 88 valence electrons. The number of carbonyl (C=O) groups is 1. The van der Waals surface area contributed by atoms with Crippen LogP contribution in [-0.2, 0) is 4.79 Å². The second-order valence-electron chi connectivity index (χ2n) is 3.24. The molecule has 0 saturated carbocycles. The first kappa shape index (κ1) is 12.8. The van der Waals surface area contributed by atoms with Crippen LogP contribution in [0.2, 0.25) is 0 Å². The number of carbonyl (C=O) groups excluding carboxylic acids is 1. The summed E-state index contributed by atoms with van der Waals surface area (Å²) in [4.78, 5) is 11.7. The van der Waals surface area contributed by atoms with Crippen LogP contribution in [-0.4, -0.2) is 11.1 Å². The number of ether oxygens (including phenoxy) is 1. The minimum atomic E-state index is -0.510. The number of allylic oxidation sites excluding steroid dienone is 3. The topological polar surface area (TPSA) is 46.5 Å². The van der Waals surface area contributed by atoms with Crippen LogP contribution >= 0.6 is 0 Å². The highest BCUT2D eigenvalue weighted by Gasteiger charge is 2.08. The second kappa shape index (κ2) is 6.33. The molecule has 0 fully saturated rings. The lowest BCUT2D eigenvalue weighted by atomic mass is 10.2. The summed E-state index contributed by atoms with van der Waals surface area (Å²) in [5, 5.41) is 9.23. The molecule has 3 nitrogen and oxygen atoms in total. The van der Waals surface area contributed by atoms with Crippen LogP contribution in [0.4, 0.5) is 0 Å². The van der Waals surface area contributed by atoms with Crippen LogP contribution in [0, 0.1) is 0 Å². The van der Waals surface area contributed by atoms with Gasteiger partial charge in [-0.25, -0.2) is 4.79 Å². The number of rotatable bonds is 4. The molecule has 0 saturated heterocycles. The zero-order chi connectivity index (χ0) is 12.7. The van der Waals surface area contributed by atoms with Gasteiger partial charge in [0.2, 0.25) is 0 Å². The third kappa shape index (κ3) is 3.99. The lowest BCUT2D eigenvalue weighted by molar-refractivity contribution is -0.129. The third-order valence-corrected chi connectivity index (χ3v) is 1.95. The van der Waals surface area contributed by atoms with Crippen LogP contribution < -0.4 is 4.74 Å². The molecule has 0 aromatic heterocycles. The Morgan fingerprint density at radius 2 is 2.24 bits per heavy atom. The summed E-state index contributed by atoms with van der Waals surface area (Å²) >= 11 is 0. The Morgan fingerprint density at radius 3 is 2.82 bits per heavy atom. The van der Waals surface area contributed by atoms with Crippen LogP contribution in [0.5, 0.6) is 11.5 Å². The molecular formula is C14H14O3. The number of phenols is 1. The zero-order valence-corrected chi connectivity index (χ0v) is 9.59. The summed E-state index contributed by atoms with van der Waals surface area (Å²) in [6, 6.07) is 6.06. The Bertz CT molecular complexity index is 470. The van der Waals surface area contributed by atoms with Gasteiger partial charge < -0.3 is 9.84 Å². The number of benzene rings is 1.